The number of amides is 1. The first kappa shape index (κ1) is 19.3. The average Bonchev–Trinajstić information content (AvgIpc) is 3.22. The fourth-order valence-corrected chi connectivity index (χ4v) is 4.29. The molecule has 3 rings (SSSR count). The van der Waals surface area contributed by atoms with Gasteiger partial charge in [0, 0.05) is 30.8 Å². The van der Waals surface area contributed by atoms with Gasteiger partial charge in [0.25, 0.3) is 0 Å². The lowest BCUT2D eigenvalue weighted by Crippen LogP contribution is -2.40. The number of aryl methyl sites for hydroxylation is 1. The van der Waals surface area contributed by atoms with Crippen molar-refractivity contribution in [3.05, 3.63) is 11.7 Å². The highest BCUT2D eigenvalue weighted by Crippen LogP contribution is 2.34. The van der Waals surface area contributed by atoms with E-state index in [-0.39, 0.29) is 23.5 Å². The molecule has 0 aromatic carbocycles. The van der Waals surface area contributed by atoms with Crippen molar-refractivity contribution in [2.45, 2.75) is 96.1 Å². The predicted octanol–water partition coefficient (Wildman–Crippen LogP) is 3.23. The molecule has 0 bridgehead atoms. The Balaban J connectivity index is 1.51. The number of carbonyl (C=O) groups excluding carboxylic acids is 1. The van der Waals surface area contributed by atoms with E-state index in [0.717, 1.165) is 6.42 Å². The van der Waals surface area contributed by atoms with Crippen LogP contribution in [0, 0.1) is 5.92 Å². The zero-order valence-corrected chi connectivity index (χ0v) is 16.4. The molecule has 0 unspecified atom stereocenters. The van der Waals surface area contributed by atoms with Gasteiger partial charge in [-0.2, -0.15) is 4.98 Å². The van der Waals surface area contributed by atoms with Gasteiger partial charge in [-0.15, -0.1) is 0 Å². The monoisotopic (exact) mass is 363 g/mol. The number of hydrogen-bond acceptors (Lipinski definition) is 5. The fraction of sp³-hybridized carbons (Fsp3) is 0.850. The van der Waals surface area contributed by atoms with E-state index in [0.29, 0.717) is 43.4 Å². The molecule has 1 N–H and O–H groups in total. The third-order valence-electron chi connectivity index (χ3n) is 5.76. The molecule has 6 nitrogen and oxygen atoms in total. The van der Waals surface area contributed by atoms with Crippen LogP contribution in [-0.2, 0) is 16.6 Å². The summed E-state index contributed by atoms with van der Waals surface area (Å²) in [6.45, 7) is 6.65. The smallest absolute Gasteiger partial charge is 0.226 e. The topological polar surface area (TPSA) is 79.5 Å². The normalized spacial score (nSPS) is 25.0. The zero-order chi connectivity index (χ0) is 18.7. The summed E-state index contributed by atoms with van der Waals surface area (Å²) in [5.41, 5.74) is -0.128. The number of carbonyl (C=O) groups is 1. The van der Waals surface area contributed by atoms with Crippen molar-refractivity contribution in [3.63, 3.8) is 0 Å². The van der Waals surface area contributed by atoms with Gasteiger partial charge < -0.3 is 14.5 Å². The Labute approximate surface area is 156 Å². The van der Waals surface area contributed by atoms with Crippen molar-refractivity contribution in [2.24, 2.45) is 5.92 Å². The van der Waals surface area contributed by atoms with Crippen molar-refractivity contribution < 1.29 is 14.4 Å². The third-order valence-corrected chi connectivity index (χ3v) is 5.76. The molecule has 1 saturated heterocycles. The van der Waals surface area contributed by atoms with E-state index < -0.39 is 0 Å². The second-order valence-electron chi connectivity index (χ2n) is 9.02. The van der Waals surface area contributed by atoms with Gasteiger partial charge in [0.2, 0.25) is 11.8 Å². The van der Waals surface area contributed by atoms with Gasteiger partial charge in [-0.3, -0.25) is 4.79 Å². The van der Waals surface area contributed by atoms with E-state index in [1.54, 1.807) is 0 Å². The molecule has 6 heteroatoms. The Morgan fingerprint density at radius 1 is 1.27 bits per heavy atom. The van der Waals surface area contributed by atoms with Gasteiger partial charge in [0.05, 0.1) is 6.10 Å². The van der Waals surface area contributed by atoms with Gasteiger partial charge >= 0.3 is 0 Å². The minimum atomic E-state index is -0.365. The van der Waals surface area contributed by atoms with Crippen LogP contribution in [0.1, 0.15) is 83.9 Å². The highest BCUT2D eigenvalue weighted by atomic mass is 16.5. The van der Waals surface area contributed by atoms with Crippen LogP contribution in [0.25, 0.3) is 0 Å². The Bertz CT molecular complexity index is 602. The summed E-state index contributed by atoms with van der Waals surface area (Å²) in [6, 6.07) is 0.230. The number of β-amino-alcohol motifs (C(OH)–C–C–N with tert-alkyl or cyclic N) is 1. The lowest BCUT2D eigenvalue weighted by Gasteiger charge is -2.33. The molecule has 0 spiro atoms. The molecule has 2 fully saturated rings. The van der Waals surface area contributed by atoms with Crippen molar-refractivity contribution >= 4 is 5.91 Å². The molecule has 26 heavy (non-hydrogen) atoms. The summed E-state index contributed by atoms with van der Waals surface area (Å²) in [4.78, 5) is 19.1. The Kier molecular flexibility index (Phi) is 6.00. The number of hydrogen-bond donors (Lipinski definition) is 1. The fourth-order valence-electron chi connectivity index (χ4n) is 4.29. The molecule has 0 radical (unpaired) electrons. The summed E-state index contributed by atoms with van der Waals surface area (Å²) in [5, 5.41) is 14.1. The van der Waals surface area contributed by atoms with Crippen molar-refractivity contribution in [3.8, 4) is 0 Å². The standard InChI is InChI=1S/C20H33N3O3/c1-20(2,3)19-21-17(26-22-19)10-7-11-18(25)23-13-15(24)12-16(23)14-8-5-4-6-9-14/h14-16,24H,4-13H2,1-3H3/t15-,16-/m0/s1. The molecule has 1 aromatic rings. The molecule has 2 atom stereocenters. The third kappa shape index (κ3) is 4.64. The number of aliphatic hydroxyl groups excluding tert-OH is 1. The summed E-state index contributed by atoms with van der Waals surface area (Å²) in [6.07, 6.45) is 8.39. The lowest BCUT2D eigenvalue weighted by atomic mass is 9.82. The molecule has 146 valence electrons. The first-order chi connectivity index (χ1) is 12.3. The summed E-state index contributed by atoms with van der Waals surface area (Å²) in [7, 11) is 0. The second-order valence-corrected chi connectivity index (χ2v) is 9.02. The second kappa shape index (κ2) is 8.07. The Morgan fingerprint density at radius 2 is 2.00 bits per heavy atom. The summed E-state index contributed by atoms with van der Waals surface area (Å²) >= 11 is 0. The van der Waals surface area contributed by atoms with Gasteiger partial charge in [-0.05, 0) is 31.6 Å². The van der Waals surface area contributed by atoms with Gasteiger partial charge in [0.15, 0.2) is 5.82 Å². The van der Waals surface area contributed by atoms with Crippen LogP contribution in [0.3, 0.4) is 0 Å². The molecule has 2 aliphatic rings. The molecular formula is C20H33N3O3. The first-order valence-electron chi connectivity index (χ1n) is 10.1. The number of rotatable bonds is 5. The lowest BCUT2D eigenvalue weighted by molar-refractivity contribution is -0.133. The van der Waals surface area contributed by atoms with E-state index in [9.17, 15) is 9.90 Å². The van der Waals surface area contributed by atoms with Gasteiger partial charge in [-0.25, -0.2) is 0 Å². The van der Waals surface area contributed by atoms with Crippen LogP contribution < -0.4 is 0 Å². The van der Waals surface area contributed by atoms with E-state index in [1.807, 2.05) is 4.90 Å². The quantitative estimate of drug-likeness (QED) is 0.869. The van der Waals surface area contributed by atoms with E-state index in [4.69, 9.17) is 4.52 Å². The van der Waals surface area contributed by atoms with Crippen molar-refractivity contribution in [2.75, 3.05) is 6.54 Å². The Morgan fingerprint density at radius 3 is 2.65 bits per heavy atom. The molecular weight excluding hydrogens is 330 g/mol. The van der Waals surface area contributed by atoms with Crippen LogP contribution in [0.4, 0.5) is 0 Å². The number of aliphatic hydroxyl groups is 1. The van der Waals surface area contributed by atoms with E-state index in [1.165, 1.54) is 32.1 Å². The van der Waals surface area contributed by atoms with Crippen molar-refractivity contribution in [1.82, 2.24) is 15.0 Å². The van der Waals surface area contributed by atoms with E-state index >= 15 is 0 Å². The SMILES string of the molecule is CC(C)(C)c1noc(CCCC(=O)N2C[C@@H](O)C[C@H]2C2CCCCC2)n1. The van der Waals surface area contributed by atoms with Gasteiger partial charge in [0.1, 0.15) is 0 Å². The zero-order valence-electron chi connectivity index (χ0n) is 16.4. The molecule has 1 amide bonds. The van der Waals surface area contributed by atoms with E-state index in [2.05, 4.69) is 30.9 Å². The van der Waals surface area contributed by atoms with Crippen molar-refractivity contribution in [1.29, 1.82) is 0 Å². The van der Waals surface area contributed by atoms with Crippen LogP contribution in [0.15, 0.2) is 4.52 Å². The van der Waals surface area contributed by atoms with Gasteiger partial charge in [-0.1, -0.05) is 45.2 Å². The average molecular weight is 364 g/mol. The highest BCUT2D eigenvalue weighted by Gasteiger charge is 2.38. The van der Waals surface area contributed by atoms with Crippen LogP contribution in [0.5, 0.6) is 0 Å². The minimum Gasteiger partial charge on any atom is -0.391 e. The maximum Gasteiger partial charge on any atom is 0.226 e. The number of likely N-dealkylation sites (tertiary alicyclic amines) is 1. The predicted molar refractivity (Wildman–Crippen MR) is 98.6 cm³/mol. The minimum absolute atomic E-state index is 0.128. The number of nitrogens with zero attached hydrogens (tertiary/aromatic N) is 3. The van der Waals surface area contributed by atoms with Crippen LogP contribution in [-0.4, -0.2) is 44.7 Å². The van der Waals surface area contributed by atoms with Crippen LogP contribution in [0.2, 0.25) is 0 Å². The summed E-state index contributed by atoms with van der Waals surface area (Å²) in [5.74, 6) is 2.04. The Hall–Kier alpha value is -1.43. The number of aromatic nitrogens is 2. The summed E-state index contributed by atoms with van der Waals surface area (Å²) < 4.78 is 5.31. The molecule has 2 heterocycles. The maximum atomic E-state index is 12.7. The largest absolute Gasteiger partial charge is 0.391 e. The highest BCUT2D eigenvalue weighted by molar-refractivity contribution is 5.77. The molecule has 1 aliphatic heterocycles. The first-order valence-corrected chi connectivity index (χ1v) is 10.1. The molecule has 1 aliphatic carbocycles. The van der Waals surface area contributed by atoms with Crippen LogP contribution >= 0.6 is 0 Å². The maximum absolute atomic E-state index is 12.7. The molecule has 1 saturated carbocycles. The molecule has 1 aromatic heterocycles.